The molecular formula is C15H24N2O2. The summed E-state index contributed by atoms with van der Waals surface area (Å²) in [5.74, 6) is 0.929. The van der Waals surface area contributed by atoms with Crippen LogP contribution in [0.15, 0.2) is 18.2 Å². The van der Waals surface area contributed by atoms with Gasteiger partial charge in [-0.05, 0) is 25.0 Å². The molecule has 4 nitrogen and oxygen atoms in total. The molecule has 1 rings (SSSR count). The molecule has 2 N–H and O–H groups in total. The highest BCUT2D eigenvalue weighted by Crippen LogP contribution is 2.27. The minimum absolute atomic E-state index is 0.0213. The lowest BCUT2D eigenvalue weighted by molar-refractivity contribution is 0.0737. The minimum Gasteiger partial charge on any atom is -0.494 e. The molecule has 0 aliphatic heterocycles. The van der Waals surface area contributed by atoms with Crippen LogP contribution in [0.1, 0.15) is 37.6 Å². The summed E-state index contributed by atoms with van der Waals surface area (Å²) in [6.45, 7) is 7.70. The normalized spacial score (nSPS) is 12.0. The number of hydrogen-bond acceptors (Lipinski definition) is 3. The van der Waals surface area contributed by atoms with Gasteiger partial charge in [-0.3, -0.25) is 4.79 Å². The van der Waals surface area contributed by atoms with Crippen molar-refractivity contribution in [3.8, 4) is 5.75 Å². The zero-order valence-corrected chi connectivity index (χ0v) is 12.3. The van der Waals surface area contributed by atoms with Crippen molar-refractivity contribution < 1.29 is 9.53 Å². The van der Waals surface area contributed by atoms with Crippen molar-refractivity contribution in [2.45, 2.75) is 27.2 Å². The van der Waals surface area contributed by atoms with Crippen molar-refractivity contribution in [1.82, 2.24) is 4.90 Å². The fraction of sp³-hybridized carbons (Fsp3) is 0.533. The molecule has 0 aliphatic carbocycles. The summed E-state index contributed by atoms with van der Waals surface area (Å²) in [6, 6.07) is 5.28. The highest BCUT2D eigenvalue weighted by molar-refractivity contribution is 5.98. The van der Waals surface area contributed by atoms with Gasteiger partial charge in [0.2, 0.25) is 0 Å². The molecule has 0 saturated carbocycles. The molecule has 1 amide bonds. The van der Waals surface area contributed by atoms with Gasteiger partial charge in [-0.25, -0.2) is 0 Å². The van der Waals surface area contributed by atoms with Gasteiger partial charge >= 0.3 is 0 Å². The van der Waals surface area contributed by atoms with Gasteiger partial charge in [0, 0.05) is 13.1 Å². The van der Waals surface area contributed by atoms with Crippen LogP contribution in [-0.2, 0) is 0 Å². The van der Waals surface area contributed by atoms with E-state index in [1.165, 1.54) is 7.11 Å². The fourth-order valence-corrected chi connectivity index (χ4v) is 1.98. The summed E-state index contributed by atoms with van der Waals surface area (Å²) in [7, 11) is 1.54. The highest BCUT2D eigenvalue weighted by atomic mass is 16.5. The number of hydrogen-bond donors (Lipinski definition) is 1. The molecule has 1 aromatic rings. The largest absolute Gasteiger partial charge is 0.494 e. The number of anilines is 1. The second kappa shape index (κ2) is 7.02. The molecule has 0 saturated heterocycles. The fourth-order valence-electron chi connectivity index (χ4n) is 1.98. The van der Waals surface area contributed by atoms with Crippen molar-refractivity contribution in [3.63, 3.8) is 0 Å². The maximum Gasteiger partial charge on any atom is 0.257 e. The number of methoxy groups -OCH3 is 1. The smallest absolute Gasteiger partial charge is 0.257 e. The quantitative estimate of drug-likeness (QED) is 0.804. The standard InChI is InChI=1S/C15H24N2O2/c1-5-11(3)10-17(6-2)15(18)12-8-7-9-13(16)14(12)19-4/h7-9,11H,5-6,10,16H2,1-4H3. The van der Waals surface area contributed by atoms with E-state index in [-0.39, 0.29) is 5.91 Å². The molecule has 19 heavy (non-hydrogen) atoms. The number of ether oxygens (including phenoxy) is 1. The van der Waals surface area contributed by atoms with Crippen LogP contribution in [0.25, 0.3) is 0 Å². The molecule has 0 heterocycles. The topological polar surface area (TPSA) is 55.6 Å². The number of nitrogens with zero attached hydrogens (tertiary/aromatic N) is 1. The van der Waals surface area contributed by atoms with E-state index in [0.717, 1.165) is 13.0 Å². The molecule has 0 bridgehead atoms. The second-order valence-corrected chi connectivity index (χ2v) is 4.79. The van der Waals surface area contributed by atoms with Crippen LogP contribution in [0, 0.1) is 5.92 Å². The molecule has 0 aliphatic rings. The van der Waals surface area contributed by atoms with Crippen molar-refractivity contribution in [2.24, 2.45) is 5.92 Å². The first-order valence-corrected chi connectivity index (χ1v) is 6.76. The van der Waals surface area contributed by atoms with Crippen LogP contribution in [0.3, 0.4) is 0 Å². The summed E-state index contributed by atoms with van der Waals surface area (Å²) in [5.41, 5.74) is 6.87. The number of nitrogen functional groups attached to an aromatic ring is 1. The lowest BCUT2D eigenvalue weighted by atomic mass is 10.1. The minimum atomic E-state index is -0.0213. The predicted octanol–water partition coefficient (Wildman–Crippen LogP) is 2.79. The number of benzene rings is 1. The van der Waals surface area contributed by atoms with Crippen LogP contribution in [0.5, 0.6) is 5.75 Å². The zero-order chi connectivity index (χ0) is 14.4. The summed E-state index contributed by atoms with van der Waals surface area (Å²) in [5, 5.41) is 0. The number of rotatable bonds is 6. The van der Waals surface area contributed by atoms with E-state index in [0.29, 0.717) is 29.5 Å². The third kappa shape index (κ3) is 3.63. The summed E-state index contributed by atoms with van der Waals surface area (Å²) < 4.78 is 5.25. The van der Waals surface area contributed by atoms with Crippen LogP contribution in [-0.4, -0.2) is 31.0 Å². The van der Waals surface area contributed by atoms with E-state index in [2.05, 4.69) is 13.8 Å². The second-order valence-electron chi connectivity index (χ2n) is 4.79. The van der Waals surface area contributed by atoms with Crippen molar-refractivity contribution in [2.75, 3.05) is 25.9 Å². The van der Waals surface area contributed by atoms with Gasteiger partial charge in [0.1, 0.15) is 0 Å². The first-order valence-electron chi connectivity index (χ1n) is 6.76. The Morgan fingerprint density at radius 2 is 2.11 bits per heavy atom. The van der Waals surface area contributed by atoms with Gasteiger partial charge in [-0.15, -0.1) is 0 Å². The van der Waals surface area contributed by atoms with Crippen LogP contribution < -0.4 is 10.5 Å². The third-order valence-electron chi connectivity index (χ3n) is 3.38. The van der Waals surface area contributed by atoms with Crippen molar-refractivity contribution in [3.05, 3.63) is 23.8 Å². The third-order valence-corrected chi connectivity index (χ3v) is 3.38. The molecule has 0 fully saturated rings. The van der Waals surface area contributed by atoms with Gasteiger partial charge in [0.25, 0.3) is 5.91 Å². The molecule has 106 valence electrons. The number of amides is 1. The first kappa shape index (κ1) is 15.3. The maximum atomic E-state index is 12.5. The molecule has 4 heteroatoms. The van der Waals surface area contributed by atoms with Gasteiger partial charge in [-0.2, -0.15) is 0 Å². The van der Waals surface area contributed by atoms with Crippen LogP contribution in [0.2, 0.25) is 0 Å². The summed E-state index contributed by atoms with van der Waals surface area (Å²) in [4.78, 5) is 14.4. The Hall–Kier alpha value is -1.71. The monoisotopic (exact) mass is 264 g/mol. The average Bonchev–Trinajstić information content (AvgIpc) is 2.43. The predicted molar refractivity (Wildman–Crippen MR) is 78.4 cm³/mol. The Bertz CT molecular complexity index is 432. The molecule has 1 unspecified atom stereocenters. The molecule has 1 atom stereocenters. The van der Waals surface area contributed by atoms with Gasteiger partial charge < -0.3 is 15.4 Å². The van der Waals surface area contributed by atoms with Gasteiger partial charge in [-0.1, -0.05) is 26.3 Å². The Balaban J connectivity index is 3.00. The van der Waals surface area contributed by atoms with Gasteiger partial charge in [0.05, 0.1) is 18.4 Å². The Kier molecular flexibility index (Phi) is 5.67. The maximum absolute atomic E-state index is 12.5. The van der Waals surface area contributed by atoms with Crippen LogP contribution in [0.4, 0.5) is 5.69 Å². The molecule has 1 aromatic carbocycles. The summed E-state index contributed by atoms with van der Waals surface area (Å²) in [6.07, 6.45) is 1.05. The van der Waals surface area contributed by atoms with E-state index in [4.69, 9.17) is 10.5 Å². The number of carbonyl (C=O) groups is 1. The van der Waals surface area contributed by atoms with Gasteiger partial charge in [0.15, 0.2) is 5.75 Å². The lowest BCUT2D eigenvalue weighted by Gasteiger charge is -2.25. The number of nitrogens with two attached hydrogens (primary N) is 1. The first-order chi connectivity index (χ1) is 9.04. The SMILES string of the molecule is CCC(C)CN(CC)C(=O)c1cccc(N)c1OC. The van der Waals surface area contributed by atoms with Crippen molar-refractivity contribution >= 4 is 11.6 Å². The zero-order valence-electron chi connectivity index (χ0n) is 12.3. The lowest BCUT2D eigenvalue weighted by Crippen LogP contribution is -2.34. The molecule has 0 aromatic heterocycles. The van der Waals surface area contributed by atoms with E-state index < -0.39 is 0 Å². The Morgan fingerprint density at radius 3 is 2.63 bits per heavy atom. The molecular weight excluding hydrogens is 240 g/mol. The van der Waals surface area contributed by atoms with Crippen molar-refractivity contribution in [1.29, 1.82) is 0 Å². The molecule has 0 radical (unpaired) electrons. The highest BCUT2D eigenvalue weighted by Gasteiger charge is 2.20. The van der Waals surface area contributed by atoms with E-state index >= 15 is 0 Å². The van der Waals surface area contributed by atoms with E-state index in [9.17, 15) is 4.79 Å². The Morgan fingerprint density at radius 1 is 1.42 bits per heavy atom. The van der Waals surface area contributed by atoms with Crippen LogP contribution >= 0.6 is 0 Å². The summed E-state index contributed by atoms with van der Waals surface area (Å²) >= 11 is 0. The number of carbonyl (C=O) groups excluding carboxylic acids is 1. The average molecular weight is 264 g/mol. The van der Waals surface area contributed by atoms with E-state index in [1.807, 2.05) is 11.8 Å². The number of para-hydroxylation sites is 1. The molecule has 0 spiro atoms. The van der Waals surface area contributed by atoms with E-state index in [1.54, 1.807) is 18.2 Å². The Labute approximate surface area is 115 Å².